The van der Waals surface area contributed by atoms with Crippen molar-refractivity contribution in [2.24, 2.45) is 0 Å². The van der Waals surface area contributed by atoms with Crippen molar-refractivity contribution < 1.29 is 23.7 Å². The third kappa shape index (κ3) is 3.47. The van der Waals surface area contributed by atoms with Gasteiger partial charge in [-0.1, -0.05) is 0 Å². The van der Waals surface area contributed by atoms with Crippen molar-refractivity contribution in [1.82, 2.24) is 0 Å². The molecule has 0 saturated carbocycles. The molecule has 2 N–H and O–H groups in total. The average Bonchev–Trinajstić information content (AvgIpc) is 1.99. The lowest BCUT2D eigenvalue weighted by Gasteiger charge is -2.08. The normalized spacial score (nSPS) is 11.2. The molecule has 6 heteroatoms. The van der Waals surface area contributed by atoms with Crippen LogP contribution in [-0.4, -0.2) is 15.6 Å². The van der Waals surface area contributed by atoms with Crippen LogP contribution in [0.1, 0.15) is 22.8 Å². The van der Waals surface area contributed by atoms with Crippen molar-refractivity contribution in [2.75, 3.05) is 0 Å². The maximum Gasteiger partial charge on any atom is 0.524 e. The molecule has 15 heavy (non-hydrogen) atoms. The van der Waals surface area contributed by atoms with Gasteiger partial charge < -0.3 is 4.52 Å². The molecule has 0 aliphatic carbocycles. The van der Waals surface area contributed by atoms with Crippen molar-refractivity contribution in [3.63, 3.8) is 0 Å². The van der Waals surface area contributed by atoms with Gasteiger partial charge in [-0.15, -0.1) is 0 Å². The van der Waals surface area contributed by atoms with Gasteiger partial charge in [0.1, 0.15) is 5.75 Å². The Labute approximate surface area is 86.9 Å². The standard InChI is InChI=1S/C9H11O5P/c1-6-5-8(14-15(11,12)13)3-4-9(6)7(2)10/h3-5H,1-2H3,(H2,11,12,13). The molecule has 1 aromatic rings. The van der Waals surface area contributed by atoms with Crippen LogP contribution in [0.25, 0.3) is 0 Å². The second-order valence-corrected chi connectivity index (χ2v) is 4.28. The third-order valence-electron chi connectivity index (χ3n) is 1.80. The molecule has 0 amide bonds. The van der Waals surface area contributed by atoms with E-state index in [1.54, 1.807) is 6.92 Å². The van der Waals surface area contributed by atoms with Gasteiger partial charge in [-0.2, -0.15) is 0 Å². The first-order chi connectivity index (χ1) is 6.79. The Bertz CT molecular complexity index is 434. The van der Waals surface area contributed by atoms with E-state index in [1.165, 1.54) is 25.1 Å². The van der Waals surface area contributed by atoms with E-state index in [0.717, 1.165) is 0 Å². The lowest BCUT2D eigenvalue weighted by atomic mass is 10.1. The molecule has 0 bridgehead atoms. The number of Topliss-reactive ketones (excluding diaryl/α,β-unsaturated/α-hetero) is 1. The summed E-state index contributed by atoms with van der Waals surface area (Å²) in [5.74, 6) is -0.0546. The lowest BCUT2D eigenvalue weighted by Crippen LogP contribution is -1.97. The van der Waals surface area contributed by atoms with Gasteiger partial charge in [0.15, 0.2) is 5.78 Å². The smallest absolute Gasteiger partial charge is 0.404 e. The first-order valence-electron chi connectivity index (χ1n) is 4.16. The predicted molar refractivity (Wildman–Crippen MR) is 53.9 cm³/mol. The van der Waals surface area contributed by atoms with Crippen molar-refractivity contribution in [2.45, 2.75) is 13.8 Å². The van der Waals surface area contributed by atoms with Crippen LogP contribution < -0.4 is 4.52 Å². The van der Waals surface area contributed by atoms with Gasteiger partial charge in [-0.05, 0) is 37.6 Å². The minimum Gasteiger partial charge on any atom is -0.404 e. The second kappa shape index (κ2) is 4.14. The van der Waals surface area contributed by atoms with E-state index in [9.17, 15) is 9.36 Å². The fourth-order valence-corrected chi connectivity index (χ4v) is 1.61. The molecule has 0 atom stereocenters. The number of phosphoric acid groups is 1. The number of hydrogen-bond donors (Lipinski definition) is 2. The van der Waals surface area contributed by atoms with Gasteiger partial charge in [0.25, 0.3) is 0 Å². The van der Waals surface area contributed by atoms with Crippen LogP contribution in [0.2, 0.25) is 0 Å². The van der Waals surface area contributed by atoms with E-state index in [2.05, 4.69) is 4.52 Å². The van der Waals surface area contributed by atoms with E-state index in [1.807, 2.05) is 0 Å². The zero-order valence-corrected chi connectivity index (χ0v) is 9.19. The molecule has 1 aromatic carbocycles. The Balaban J connectivity index is 3.02. The van der Waals surface area contributed by atoms with E-state index < -0.39 is 7.82 Å². The molecule has 0 heterocycles. The number of benzene rings is 1. The molecule has 0 saturated heterocycles. The Kier molecular flexibility index (Phi) is 3.29. The minimum absolute atomic E-state index is 0.0471. The minimum atomic E-state index is -4.53. The number of ketones is 1. The quantitative estimate of drug-likeness (QED) is 0.609. The first-order valence-corrected chi connectivity index (χ1v) is 5.69. The van der Waals surface area contributed by atoms with Crippen molar-refractivity contribution in [3.8, 4) is 5.75 Å². The number of carbonyl (C=O) groups is 1. The van der Waals surface area contributed by atoms with Crippen molar-refractivity contribution >= 4 is 13.6 Å². The summed E-state index contributed by atoms with van der Waals surface area (Å²) in [7, 11) is -4.53. The highest BCUT2D eigenvalue weighted by Crippen LogP contribution is 2.37. The molecule has 0 spiro atoms. The van der Waals surface area contributed by atoms with E-state index >= 15 is 0 Å². The zero-order valence-electron chi connectivity index (χ0n) is 8.30. The molecule has 82 valence electrons. The zero-order chi connectivity index (χ0) is 11.6. The third-order valence-corrected chi connectivity index (χ3v) is 2.25. The molecular weight excluding hydrogens is 219 g/mol. The van der Waals surface area contributed by atoms with E-state index in [-0.39, 0.29) is 11.5 Å². The highest BCUT2D eigenvalue weighted by molar-refractivity contribution is 7.46. The summed E-state index contributed by atoms with van der Waals surface area (Å²) in [6.45, 7) is 3.09. The summed E-state index contributed by atoms with van der Waals surface area (Å²) in [6.07, 6.45) is 0. The highest BCUT2D eigenvalue weighted by atomic mass is 31.2. The fraction of sp³-hybridized carbons (Fsp3) is 0.222. The van der Waals surface area contributed by atoms with Crippen molar-refractivity contribution in [1.29, 1.82) is 0 Å². The molecule has 0 aliphatic rings. The van der Waals surface area contributed by atoms with Crippen LogP contribution in [0.15, 0.2) is 18.2 Å². The van der Waals surface area contributed by atoms with Crippen LogP contribution in [0.5, 0.6) is 5.75 Å². The molecule has 0 unspecified atom stereocenters. The Morgan fingerprint density at radius 2 is 2.00 bits per heavy atom. The summed E-state index contributed by atoms with van der Waals surface area (Å²) < 4.78 is 14.9. The summed E-state index contributed by atoms with van der Waals surface area (Å²) >= 11 is 0. The van der Waals surface area contributed by atoms with Gasteiger partial charge in [-0.25, -0.2) is 4.57 Å². The Hall–Kier alpha value is -1.16. The van der Waals surface area contributed by atoms with Gasteiger partial charge in [0.05, 0.1) is 0 Å². The van der Waals surface area contributed by atoms with Crippen LogP contribution in [0, 0.1) is 6.92 Å². The molecule has 0 radical (unpaired) electrons. The number of rotatable bonds is 3. The Morgan fingerprint density at radius 1 is 1.40 bits per heavy atom. The highest BCUT2D eigenvalue weighted by Gasteiger charge is 2.16. The number of hydrogen-bond acceptors (Lipinski definition) is 3. The van der Waals surface area contributed by atoms with Crippen LogP contribution >= 0.6 is 7.82 Å². The number of aryl methyl sites for hydroxylation is 1. The van der Waals surface area contributed by atoms with Gasteiger partial charge in [0.2, 0.25) is 0 Å². The molecule has 1 rings (SSSR count). The SMILES string of the molecule is CC(=O)c1ccc(OP(=O)(O)O)cc1C. The molecule has 0 aromatic heterocycles. The summed E-state index contributed by atoms with van der Waals surface area (Å²) in [5, 5.41) is 0. The summed E-state index contributed by atoms with van der Waals surface area (Å²) in [6, 6.07) is 4.24. The topological polar surface area (TPSA) is 83.8 Å². The summed E-state index contributed by atoms with van der Waals surface area (Å²) in [5.41, 5.74) is 1.13. The van der Waals surface area contributed by atoms with Crippen LogP contribution in [-0.2, 0) is 4.57 Å². The van der Waals surface area contributed by atoms with Crippen LogP contribution in [0.3, 0.4) is 0 Å². The molecule has 0 fully saturated rings. The Morgan fingerprint density at radius 3 is 2.40 bits per heavy atom. The second-order valence-electron chi connectivity index (χ2n) is 3.11. The van der Waals surface area contributed by atoms with E-state index in [4.69, 9.17) is 9.79 Å². The maximum absolute atomic E-state index is 11.1. The molecule has 0 aliphatic heterocycles. The monoisotopic (exact) mass is 230 g/mol. The number of carbonyl (C=O) groups excluding carboxylic acids is 1. The maximum atomic E-state index is 11.1. The number of phosphoric ester groups is 1. The van der Waals surface area contributed by atoms with Gasteiger partial charge in [0, 0.05) is 5.56 Å². The largest absolute Gasteiger partial charge is 0.524 e. The van der Waals surface area contributed by atoms with Gasteiger partial charge >= 0.3 is 7.82 Å². The summed E-state index contributed by atoms with van der Waals surface area (Å²) in [4.78, 5) is 28.2. The molecule has 5 nitrogen and oxygen atoms in total. The lowest BCUT2D eigenvalue weighted by molar-refractivity contribution is 0.101. The van der Waals surface area contributed by atoms with E-state index in [0.29, 0.717) is 11.1 Å². The van der Waals surface area contributed by atoms with Crippen molar-refractivity contribution in [3.05, 3.63) is 29.3 Å². The molecular formula is C9H11O5P. The fourth-order valence-electron chi connectivity index (χ4n) is 1.23. The van der Waals surface area contributed by atoms with Crippen LogP contribution in [0.4, 0.5) is 0 Å². The van der Waals surface area contributed by atoms with Gasteiger partial charge in [-0.3, -0.25) is 14.6 Å². The average molecular weight is 230 g/mol. The first kappa shape index (κ1) is 11.9. The predicted octanol–water partition coefficient (Wildman–Crippen LogP) is 1.67.